The minimum absolute atomic E-state index is 0.00422. The zero-order valence-corrected chi connectivity index (χ0v) is 16.0. The fourth-order valence-corrected chi connectivity index (χ4v) is 3.50. The van der Waals surface area contributed by atoms with Crippen LogP contribution in [0.25, 0.3) is 0 Å². The number of hydrogen-bond acceptors (Lipinski definition) is 4. The fraction of sp³-hybridized carbons (Fsp3) is 0.333. The Labute approximate surface area is 157 Å². The molecule has 3 N–H and O–H groups in total. The highest BCUT2D eigenvalue weighted by Gasteiger charge is 2.04. The Morgan fingerprint density at radius 1 is 1.04 bits per heavy atom. The van der Waals surface area contributed by atoms with Crippen LogP contribution in [0.4, 0.5) is 0 Å². The number of thiophene rings is 1. The summed E-state index contributed by atoms with van der Waals surface area (Å²) in [6.07, 6.45) is 0.844. The lowest BCUT2D eigenvalue weighted by Crippen LogP contribution is -2.39. The quantitative estimate of drug-likeness (QED) is 0.272. The van der Waals surface area contributed by atoms with Gasteiger partial charge in [0, 0.05) is 37.3 Å². The summed E-state index contributed by atoms with van der Waals surface area (Å²) in [7, 11) is 1.76. The van der Waals surface area contributed by atoms with E-state index >= 15 is 0 Å². The number of carbonyl (C=O) groups is 1. The van der Waals surface area contributed by atoms with Gasteiger partial charge in [0.1, 0.15) is 0 Å². The molecular formula is C18H24N4OS2. The summed E-state index contributed by atoms with van der Waals surface area (Å²) in [4.78, 5) is 18.0. The molecule has 1 heterocycles. The molecule has 7 heteroatoms. The largest absolute Gasteiger partial charge is 0.356 e. The third-order valence-corrected chi connectivity index (χ3v) is 5.19. The highest BCUT2D eigenvalue weighted by Crippen LogP contribution is 2.15. The van der Waals surface area contributed by atoms with Crippen LogP contribution in [0.15, 0.2) is 57.7 Å². The Balaban J connectivity index is 1.52. The molecule has 0 radical (unpaired) electrons. The van der Waals surface area contributed by atoms with Crippen molar-refractivity contribution < 1.29 is 4.79 Å². The molecule has 0 aliphatic heterocycles. The van der Waals surface area contributed by atoms with Crippen LogP contribution < -0.4 is 16.0 Å². The lowest BCUT2D eigenvalue weighted by Gasteiger charge is -2.12. The molecule has 134 valence electrons. The second kappa shape index (κ2) is 11.5. The number of benzene rings is 1. The predicted molar refractivity (Wildman–Crippen MR) is 108 cm³/mol. The van der Waals surface area contributed by atoms with Gasteiger partial charge in [0.15, 0.2) is 5.96 Å². The molecule has 2 aromatic rings. The van der Waals surface area contributed by atoms with Crippen molar-refractivity contribution >= 4 is 35.0 Å². The molecule has 0 spiro atoms. The van der Waals surface area contributed by atoms with E-state index in [1.54, 1.807) is 7.05 Å². The van der Waals surface area contributed by atoms with Crippen molar-refractivity contribution in [2.45, 2.75) is 11.3 Å². The molecule has 0 fully saturated rings. The summed E-state index contributed by atoms with van der Waals surface area (Å²) in [6, 6.07) is 14.1. The van der Waals surface area contributed by atoms with Crippen LogP contribution >= 0.6 is 23.1 Å². The van der Waals surface area contributed by atoms with E-state index in [1.165, 1.54) is 16.2 Å². The van der Waals surface area contributed by atoms with Gasteiger partial charge in [0.25, 0.3) is 5.91 Å². The number of nitrogens with zero attached hydrogens (tertiary/aromatic N) is 1. The second-order valence-electron chi connectivity index (χ2n) is 5.17. The molecule has 0 bridgehead atoms. The first-order chi connectivity index (χ1) is 12.3. The number of nitrogens with one attached hydrogen (secondary N) is 3. The number of aliphatic imine (C=N–C) groups is 1. The van der Waals surface area contributed by atoms with Crippen LogP contribution in [0.2, 0.25) is 0 Å². The first-order valence-corrected chi connectivity index (χ1v) is 10.1. The summed E-state index contributed by atoms with van der Waals surface area (Å²) in [6.45, 7) is 2.25. The summed E-state index contributed by atoms with van der Waals surface area (Å²) >= 11 is 3.27. The molecule has 0 unspecified atom stereocenters. The first-order valence-electron chi connectivity index (χ1n) is 8.23. The van der Waals surface area contributed by atoms with E-state index in [0.717, 1.165) is 36.1 Å². The SMILES string of the molecule is CN=C(NCCCNC(=O)c1cccs1)NCCSc1ccccc1. The van der Waals surface area contributed by atoms with Gasteiger partial charge in [-0.25, -0.2) is 0 Å². The van der Waals surface area contributed by atoms with Crippen LogP contribution in [0.5, 0.6) is 0 Å². The fourth-order valence-electron chi connectivity index (χ4n) is 2.07. The molecule has 1 aromatic heterocycles. The zero-order valence-electron chi connectivity index (χ0n) is 14.3. The summed E-state index contributed by atoms with van der Waals surface area (Å²) in [5.41, 5.74) is 0. The smallest absolute Gasteiger partial charge is 0.261 e. The zero-order chi connectivity index (χ0) is 17.7. The maximum absolute atomic E-state index is 11.8. The third-order valence-electron chi connectivity index (χ3n) is 3.31. The number of amides is 1. The van der Waals surface area contributed by atoms with Gasteiger partial charge in [-0.3, -0.25) is 9.79 Å². The molecule has 1 amide bonds. The van der Waals surface area contributed by atoms with Gasteiger partial charge < -0.3 is 16.0 Å². The highest BCUT2D eigenvalue weighted by atomic mass is 32.2. The molecule has 0 saturated carbocycles. The molecule has 2 rings (SSSR count). The van der Waals surface area contributed by atoms with Crippen molar-refractivity contribution in [3.63, 3.8) is 0 Å². The lowest BCUT2D eigenvalue weighted by molar-refractivity contribution is 0.0957. The number of guanidine groups is 1. The number of rotatable bonds is 9. The molecule has 5 nitrogen and oxygen atoms in total. The van der Waals surface area contributed by atoms with E-state index in [-0.39, 0.29) is 5.91 Å². The second-order valence-corrected chi connectivity index (χ2v) is 7.29. The maximum atomic E-state index is 11.8. The molecular weight excluding hydrogens is 352 g/mol. The molecule has 0 saturated heterocycles. The van der Waals surface area contributed by atoms with E-state index in [2.05, 4.69) is 33.1 Å². The molecule has 0 aliphatic rings. The number of thioether (sulfide) groups is 1. The lowest BCUT2D eigenvalue weighted by atomic mass is 10.4. The van der Waals surface area contributed by atoms with Gasteiger partial charge >= 0.3 is 0 Å². The van der Waals surface area contributed by atoms with Crippen LogP contribution in [-0.2, 0) is 0 Å². The Morgan fingerprint density at radius 3 is 2.52 bits per heavy atom. The van der Waals surface area contributed by atoms with Crippen molar-refractivity contribution in [3.05, 3.63) is 52.7 Å². The van der Waals surface area contributed by atoms with Crippen molar-refractivity contribution in [2.24, 2.45) is 4.99 Å². The van der Waals surface area contributed by atoms with Crippen LogP contribution in [0, 0.1) is 0 Å². The van der Waals surface area contributed by atoms with E-state index < -0.39 is 0 Å². The summed E-state index contributed by atoms with van der Waals surface area (Å²) in [5.74, 6) is 1.76. The van der Waals surface area contributed by atoms with Gasteiger partial charge in [-0.05, 0) is 30.0 Å². The topological polar surface area (TPSA) is 65.5 Å². The van der Waals surface area contributed by atoms with Crippen LogP contribution in [-0.4, -0.2) is 44.3 Å². The average Bonchev–Trinajstić information content (AvgIpc) is 3.18. The minimum atomic E-state index is -0.00422. The number of hydrogen-bond donors (Lipinski definition) is 3. The van der Waals surface area contributed by atoms with Crippen molar-refractivity contribution in [1.29, 1.82) is 0 Å². The van der Waals surface area contributed by atoms with Gasteiger partial charge in [-0.1, -0.05) is 24.3 Å². The van der Waals surface area contributed by atoms with Gasteiger partial charge in [0.05, 0.1) is 4.88 Å². The van der Waals surface area contributed by atoms with Crippen LogP contribution in [0.3, 0.4) is 0 Å². The Bertz CT molecular complexity index is 644. The van der Waals surface area contributed by atoms with E-state index in [9.17, 15) is 4.79 Å². The van der Waals surface area contributed by atoms with Gasteiger partial charge in [0.2, 0.25) is 0 Å². The van der Waals surface area contributed by atoms with E-state index in [0.29, 0.717) is 6.54 Å². The van der Waals surface area contributed by atoms with Gasteiger partial charge in [-0.15, -0.1) is 23.1 Å². The third kappa shape index (κ3) is 7.62. The maximum Gasteiger partial charge on any atom is 0.261 e. The minimum Gasteiger partial charge on any atom is -0.356 e. The highest BCUT2D eigenvalue weighted by molar-refractivity contribution is 7.99. The van der Waals surface area contributed by atoms with Crippen LogP contribution in [0.1, 0.15) is 16.1 Å². The number of carbonyl (C=O) groups excluding carboxylic acids is 1. The van der Waals surface area contributed by atoms with E-state index in [4.69, 9.17) is 0 Å². The normalized spacial score (nSPS) is 11.2. The Morgan fingerprint density at radius 2 is 1.80 bits per heavy atom. The Hall–Kier alpha value is -1.99. The standard InChI is InChI=1S/C18H24N4OS2/c1-19-18(22-12-14-24-15-7-3-2-4-8-15)21-11-6-10-20-17(23)16-9-5-13-25-16/h2-5,7-9,13H,6,10-12,14H2,1H3,(H,20,23)(H2,19,21,22). The molecule has 0 atom stereocenters. The predicted octanol–water partition coefficient (Wildman–Crippen LogP) is 2.83. The molecule has 1 aromatic carbocycles. The van der Waals surface area contributed by atoms with E-state index in [1.807, 2.05) is 47.5 Å². The van der Waals surface area contributed by atoms with Crippen molar-refractivity contribution in [2.75, 3.05) is 32.4 Å². The first kappa shape index (κ1) is 19.3. The van der Waals surface area contributed by atoms with Crippen molar-refractivity contribution in [1.82, 2.24) is 16.0 Å². The monoisotopic (exact) mass is 376 g/mol. The summed E-state index contributed by atoms with van der Waals surface area (Å²) < 4.78 is 0. The van der Waals surface area contributed by atoms with Gasteiger partial charge in [-0.2, -0.15) is 0 Å². The summed E-state index contributed by atoms with van der Waals surface area (Å²) in [5, 5.41) is 11.4. The molecule has 0 aliphatic carbocycles. The molecule has 25 heavy (non-hydrogen) atoms. The average molecular weight is 377 g/mol. The van der Waals surface area contributed by atoms with Crippen molar-refractivity contribution in [3.8, 4) is 0 Å². The Kier molecular flexibility index (Phi) is 8.93.